The highest BCUT2D eigenvalue weighted by Gasteiger charge is 2.17. The third kappa shape index (κ3) is 4.99. The molecule has 0 aromatic heterocycles. The maximum absolute atomic E-state index is 6.21. The lowest BCUT2D eigenvalue weighted by Gasteiger charge is -2.26. The SMILES string of the molecule is CC(C)(C)NCc1cc(Cl)ccc1OC1CCCCC1. The molecule has 1 aromatic carbocycles. The summed E-state index contributed by atoms with van der Waals surface area (Å²) in [5.74, 6) is 0.984. The fraction of sp³-hybridized carbons (Fsp3) is 0.647. The van der Waals surface area contributed by atoms with Gasteiger partial charge in [0.15, 0.2) is 0 Å². The van der Waals surface area contributed by atoms with Gasteiger partial charge in [0.05, 0.1) is 6.10 Å². The lowest BCUT2D eigenvalue weighted by Crippen LogP contribution is -2.35. The molecule has 0 amide bonds. The van der Waals surface area contributed by atoms with Gasteiger partial charge in [-0.3, -0.25) is 0 Å². The van der Waals surface area contributed by atoms with Crippen LogP contribution in [0.4, 0.5) is 0 Å². The highest BCUT2D eigenvalue weighted by atomic mass is 35.5. The first kappa shape index (κ1) is 15.7. The average Bonchev–Trinajstić information content (AvgIpc) is 2.39. The molecular formula is C17H26ClNO. The van der Waals surface area contributed by atoms with Gasteiger partial charge in [0.2, 0.25) is 0 Å². The van der Waals surface area contributed by atoms with Crippen LogP contribution in [0.1, 0.15) is 58.4 Å². The van der Waals surface area contributed by atoms with E-state index in [1.165, 1.54) is 32.1 Å². The predicted molar refractivity (Wildman–Crippen MR) is 85.5 cm³/mol. The molecule has 20 heavy (non-hydrogen) atoms. The van der Waals surface area contributed by atoms with Crippen molar-refractivity contribution in [2.75, 3.05) is 0 Å². The molecule has 0 spiro atoms. The van der Waals surface area contributed by atoms with Crippen molar-refractivity contribution in [3.63, 3.8) is 0 Å². The van der Waals surface area contributed by atoms with Gasteiger partial charge in [-0.05, 0) is 64.7 Å². The molecule has 1 aromatic rings. The number of hydrogen-bond donors (Lipinski definition) is 1. The Labute approximate surface area is 127 Å². The molecule has 0 saturated heterocycles. The summed E-state index contributed by atoms with van der Waals surface area (Å²) in [4.78, 5) is 0. The zero-order valence-electron chi connectivity index (χ0n) is 12.8. The molecule has 2 rings (SSSR count). The molecule has 0 aliphatic heterocycles. The van der Waals surface area contributed by atoms with Crippen LogP contribution in [0.5, 0.6) is 5.75 Å². The minimum atomic E-state index is 0.0877. The van der Waals surface area contributed by atoms with E-state index in [4.69, 9.17) is 16.3 Å². The number of benzene rings is 1. The van der Waals surface area contributed by atoms with E-state index < -0.39 is 0 Å². The summed E-state index contributed by atoms with van der Waals surface area (Å²) in [6.45, 7) is 7.28. The van der Waals surface area contributed by atoms with E-state index in [0.29, 0.717) is 6.10 Å². The zero-order valence-corrected chi connectivity index (χ0v) is 13.6. The summed E-state index contributed by atoms with van der Waals surface area (Å²) in [7, 11) is 0. The van der Waals surface area contributed by atoms with Gasteiger partial charge in [0.25, 0.3) is 0 Å². The van der Waals surface area contributed by atoms with Gasteiger partial charge >= 0.3 is 0 Å². The smallest absolute Gasteiger partial charge is 0.124 e. The lowest BCUT2D eigenvalue weighted by molar-refractivity contribution is 0.153. The Morgan fingerprint density at radius 3 is 2.55 bits per heavy atom. The van der Waals surface area contributed by atoms with Crippen molar-refractivity contribution in [1.29, 1.82) is 0 Å². The highest BCUT2D eigenvalue weighted by molar-refractivity contribution is 6.30. The van der Waals surface area contributed by atoms with E-state index in [0.717, 1.165) is 22.9 Å². The first-order valence-electron chi connectivity index (χ1n) is 7.64. The van der Waals surface area contributed by atoms with Crippen LogP contribution < -0.4 is 10.1 Å². The first-order chi connectivity index (χ1) is 9.44. The van der Waals surface area contributed by atoms with Crippen molar-refractivity contribution in [3.05, 3.63) is 28.8 Å². The van der Waals surface area contributed by atoms with Crippen molar-refractivity contribution in [1.82, 2.24) is 5.32 Å². The maximum Gasteiger partial charge on any atom is 0.124 e. The largest absolute Gasteiger partial charge is 0.490 e. The summed E-state index contributed by atoms with van der Waals surface area (Å²) in [6, 6.07) is 5.94. The van der Waals surface area contributed by atoms with Crippen molar-refractivity contribution >= 4 is 11.6 Å². The molecule has 1 aliphatic carbocycles. The van der Waals surface area contributed by atoms with Crippen LogP contribution in [-0.4, -0.2) is 11.6 Å². The second-order valence-electron chi connectivity index (χ2n) is 6.73. The van der Waals surface area contributed by atoms with Gasteiger partial charge in [-0.25, -0.2) is 0 Å². The normalized spacial score (nSPS) is 17.2. The van der Waals surface area contributed by atoms with Crippen LogP contribution in [0.15, 0.2) is 18.2 Å². The number of hydrogen-bond acceptors (Lipinski definition) is 2. The van der Waals surface area contributed by atoms with Gasteiger partial charge in [-0.2, -0.15) is 0 Å². The zero-order chi connectivity index (χ0) is 14.6. The molecule has 0 heterocycles. The lowest BCUT2D eigenvalue weighted by atomic mass is 9.97. The minimum absolute atomic E-state index is 0.0877. The summed E-state index contributed by atoms with van der Waals surface area (Å²) in [5, 5.41) is 4.27. The number of nitrogens with one attached hydrogen (secondary N) is 1. The van der Waals surface area contributed by atoms with Crippen LogP contribution >= 0.6 is 11.6 Å². The number of ether oxygens (including phenoxy) is 1. The topological polar surface area (TPSA) is 21.3 Å². The monoisotopic (exact) mass is 295 g/mol. The Kier molecular flexibility index (Phi) is 5.34. The highest BCUT2D eigenvalue weighted by Crippen LogP contribution is 2.28. The quantitative estimate of drug-likeness (QED) is 0.849. The third-order valence-electron chi connectivity index (χ3n) is 3.68. The minimum Gasteiger partial charge on any atom is -0.490 e. The van der Waals surface area contributed by atoms with Gasteiger partial charge in [-0.1, -0.05) is 18.0 Å². The van der Waals surface area contributed by atoms with Gasteiger partial charge in [0.1, 0.15) is 5.75 Å². The van der Waals surface area contributed by atoms with Gasteiger partial charge in [-0.15, -0.1) is 0 Å². The molecule has 2 nitrogen and oxygen atoms in total. The molecule has 1 fully saturated rings. The summed E-state index contributed by atoms with van der Waals surface area (Å²) >= 11 is 6.13. The summed E-state index contributed by atoms with van der Waals surface area (Å²) < 4.78 is 6.21. The number of halogens is 1. The van der Waals surface area contributed by atoms with E-state index in [-0.39, 0.29) is 5.54 Å². The average molecular weight is 296 g/mol. The Hall–Kier alpha value is -0.730. The van der Waals surface area contributed by atoms with E-state index in [1.807, 2.05) is 18.2 Å². The predicted octanol–water partition coefficient (Wildman–Crippen LogP) is 4.94. The van der Waals surface area contributed by atoms with Crippen molar-refractivity contribution in [3.8, 4) is 5.75 Å². The molecule has 3 heteroatoms. The third-order valence-corrected chi connectivity index (χ3v) is 3.91. The van der Waals surface area contributed by atoms with E-state index >= 15 is 0 Å². The Morgan fingerprint density at radius 2 is 1.90 bits per heavy atom. The van der Waals surface area contributed by atoms with Crippen LogP contribution in [0.2, 0.25) is 5.02 Å². The molecular weight excluding hydrogens is 270 g/mol. The number of rotatable bonds is 4. The standard InChI is InChI=1S/C17H26ClNO/c1-17(2,3)19-12-13-11-14(18)9-10-16(13)20-15-7-5-4-6-8-15/h9-11,15,19H,4-8,12H2,1-3H3. The summed E-state index contributed by atoms with van der Waals surface area (Å²) in [6.07, 6.45) is 6.64. The van der Waals surface area contributed by atoms with Crippen LogP contribution in [0, 0.1) is 0 Å². The van der Waals surface area contributed by atoms with Crippen LogP contribution in [0.25, 0.3) is 0 Å². The van der Waals surface area contributed by atoms with Crippen molar-refractivity contribution in [2.24, 2.45) is 0 Å². The molecule has 1 aliphatic rings. The molecule has 112 valence electrons. The van der Waals surface area contributed by atoms with E-state index in [1.54, 1.807) is 0 Å². The van der Waals surface area contributed by atoms with E-state index in [2.05, 4.69) is 26.1 Å². The maximum atomic E-state index is 6.21. The second-order valence-corrected chi connectivity index (χ2v) is 7.17. The molecule has 1 N–H and O–H groups in total. The van der Waals surface area contributed by atoms with Crippen LogP contribution in [0.3, 0.4) is 0 Å². The Morgan fingerprint density at radius 1 is 1.20 bits per heavy atom. The van der Waals surface area contributed by atoms with Gasteiger partial charge < -0.3 is 10.1 Å². The Balaban J connectivity index is 2.06. The molecule has 0 radical (unpaired) electrons. The molecule has 0 unspecified atom stereocenters. The Bertz CT molecular complexity index is 433. The van der Waals surface area contributed by atoms with Crippen molar-refractivity contribution in [2.45, 2.75) is 71.1 Å². The van der Waals surface area contributed by atoms with Crippen molar-refractivity contribution < 1.29 is 4.74 Å². The second kappa shape index (κ2) is 6.82. The molecule has 0 atom stereocenters. The van der Waals surface area contributed by atoms with Gasteiger partial charge in [0, 0.05) is 22.7 Å². The first-order valence-corrected chi connectivity index (χ1v) is 8.02. The fourth-order valence-electron chi connectivity index (χ4n) is 2.52. The summed E-state index contributed by atoms with van der Waals surface area (Å²) in [5.41, 5.74) is 1.24. The van der Waals surface area contributed by atoms with Crippen LogP contribution in [-0.2, 0) is 6.54 Å². The molecule has 1 saturated carbocycles. The van der Waals surface area contributed by atoms with E-state index in [9.17, 15) is 0 Å². The molecule has 0 bridgehead atoms. The fourth-order valence-corrected chi connectivity index (χ4v) is 2.72.